The molecule has 0 aliphatic rings. The molecule has 0 aliphatic carbocycles. The molecule has 8 heteroatoms. The maximum absolute atomic E-state index is 12.9. The lowest BCUT2D eigenvalue weighted by molar-refractivity contribution is -0.116. The summed E-state index contributed by atoms with van der Waals surface area (Å²) in [5.74, 6) is 0.337. The van der Waals surface area contributed by atoms with Gasteiger partial charge in [-0.3, -0.25) is 4.79 Å². The van der Waals surface area contributed by atoms with Gasteiger partial charge in [0, 0.05) is 32.0 Å². The van der Waals surface area contributed by atoms with E-state index in [9.17, 15) is 13.2 Å². The second-order valence-corrected chi connectivity index (χ2v) is 8.83. The van der Waals surface area contributed by atoms with Crippen LogP contribution in [0.4, 0.5) is 5.82 Å². The minimum absolute atomic E-state index is 0.102. The van der Waals surface area contributed by atoms with Crippen molar-refractivity contribution in [2.45, 2.75) is 24.2 Å². The molecule has 1 amide bonds. The number of likely N-dealkylation sites (N-methyl/N-ethyl adjacent to an activating group) is 1. The van der Waals surface area contributed by atoms with Gasteiger partial charge in [-0.2, -0.15) is 0 Å². The molecule has 0 saturated carbocycles. The second-order valence-electron chi connectivity index (χ2n) is 6.78. The monoisotopic (exact) mass is 413 g/mol. The maximum Gasteiger partial charge on any atom is 0.242 e. The van der Waals surface area contributed by atoms with Crippen LogP contribution in [0, 0.1) is 6.92 Å². The van der Waals surface area contributed by atoms with Gasteiger partial charge >= 0.3 is 0 Å². The zero-order valence-electron chi connectivity index (χ0n) is 16.3. The lowest BCUT2D eigenvalue weighted by atomic mass is 9.95. The summed E-state index contributed by atoms with van der Waals surface area (Å²) in [5, 5.41) is 6.46. The number of hydrogen-bond acceptors (Lipinski definition) is 5. The third kappa shape index (κ3) is 5.30. The fourth-order valence-corrected chi connectivity index (χ4v) is 4.27. The van der Waals surface area contributed by atoms with E-state index in [2.05, 4.69) is 10.5 Å². The SMILES string of the molecule is Cc1cc(NC(=O)C[C@@H](CN(C)S(=O)(=O)c2ccccc2)c2ccccc2)no1. The first kappa shape index (κ1) is 20.8. The van der Waals surface area contributed by atoms with Crippen molar-refractivity contribution in [1.29, 1.82) is 0 Å². The van der Waals surface area contributed by atoms with Crippen molar-refractivity contribution in [3.05, 3.63) is 78.1 Å². The van der Waals surface area contributed by atoms with Crippen molar-refractivity contribution in [2.75, 3.05) is 18.9 Å². The number of carbonyl (C=O) groups excluding carboxylic acids is 1. The van der Waals surface area contributed by atoms with Crippen molar-refractivity contribution >= 4 is 21.7 Å². The Hall–Kier alpha value is -2.97. The second kappa shape index (κ2) is 9.02. The van der Waals surface area contributed by atoms with Crippen molar-refractivity contribution < 1.29 is 17.7 Å². The fourth-order valence-electron chi connectivity index (χ4n) is 3.04. The smallest absolute Gasteiger partial charge is 0.242 e. The molecule has 0 aliphatic heterocycles. The van der Waals surface area contributed by atoms with Gasteiger partial charge in [-0.05, 0) is 24.6 Å². The van der Waals surface area contributed by atoms with Crippen LogP contribution in [-0.4, -0.2) is 37.4 Å². The Balaban J connectivity index is 1.78. The van der Waals surface area contributed by atoms with Gasteiger partial charge in [0.25, 0.3) is 0 Å². The van der Waals surface area contributed by atoms with Crippen LogP contribution < -0.4 is 5.32 Å². The van der Waals surface area contributed by atoms with E-state index in [0.29, 0.717) is 11.6 Å². The summed E-state index contributed by atoms with van der Waals surface area (Å²) in [4.78, 5) is 12.8. The molecule has 152 valence electrons. The van der Waals surface area contributed by atoms with Crippen LogP contribution in [0.2, 0.25) is 0 Å². The Morgan fingerprint density at radius 3 is 2.31 bits per heavy atom. The lowest BCUT2D eigenvalue weighted by Gasteiger charge is -2.24. The molecule has 1 aromatic heterocycles. The number of aromatic nitrogens is 1. The highest BCUT2D eigenvalue weighted by Crippen LogP contribution is 2.24. The van der Waals surface area contributed by atoms with Gasteiger partial charge in [-0.15, -0.1) is 0 Å². The first-order valence-corrected chi connectivity index (χ1v) is 10.6. The van der Waals surface area contributed by atoms with E-state index in [1.807, 2.05) is 30.3 Å². The zero-order valence-corrected chi connectivity index (χ0v) is 17.1. The van der Waals surface area contributed by atoms with Gasteiger partial charge in [-0.25, -0.2) is 12.7 Å². The summed E-state index contributed by atoms with van der Waals surface area (Å²) in [7, 11) is -2.13. The van der Waals surface area contributed by atoms with E-state index in [1.165, 1.54) is 11.4 Å². The van der Waals surface area contributed by atoms with Crippen LogP contribution in [0.25, 0.3) is 0 Å². The van der Waals surface area contributed by atoms with E-state index < -0.39 is 10.0 Å². The average Bonchev–Trinajstić information content (AvgIpc) is 3.13. The Labute approximate surface area is 170 Å². The Morgan fingerprint density at radius 1 is 1.10 bits per heavy atom. The van der Waals surface area contributed by atoms with Crippen LogP contribution >= 0.6 is 0 Å². The summed E-state index contributed by atoms with van der Waals surface area (Å²) < 4.78 is 32.0. The Morgan fingerprint density at radius 2 is 1.72 bits per heavy atom. The van der Waals surface area contributed by atoms with E-state index in [-0.39, 0.29) is 29.7 Å². The third-order valence-electron chi connectivity index (χ3n) is 4.53. The minimum Gasteiger partial charge on any atom is -0.360 e. The van der Waals surface area contributed by atoms with Crippen LogP contribution in [0.15, 0.2) is 76.1 Å². The number of anilines is 1. The van der Waals surface area contributed by atoms with Gasteiger partial charge in [0.15, 0.2) is 5.82 Å². The predicted molar refractivity (Wildman–Crippen MR) is 110 cm³/mol. The zero-order chi connectivity index (χ0) is 20.9. The highest BCUT2D eigenvalue weighted by Gasteiger charge is 2.26. The van der Waals surface area contributed by atoms with E-state index in [4.69, 9.17) is 4.52 Å². The number of rotatable bonds is 8. The maximum atomic E-state index is 12.9. The van der Waals surface area contributed by atoms with Gasteiger partial charge in [0.2, 0.25) is 15.9 Å². The van der Waals surface area contributed by atoms with Crippen LogP contribution in [0.3, 0.4) is 0 Å². The summed E-state index contributed by atoms with van der Waals surface area (Å²) >= 11 is 0. The van der Waals surface area contributed by atoms with Gasteiger partial charge in [0.05, 0.1) is 4.90 Å². The number of nitrogens with one attached hydrogen (secondary N) is 1. The fraction of sp³-hybridized carbons (Fsp3) is 0.238. The van der Waals surface area contributed by atoms with Gasteiger partial charge < -0.3 is 9.84 Å². The van der Waals surface area contributed by atoms with Crippen molar-refractivity contribution in [3.8, 4) is 0 Å². The largest absolute Gasteiger partial charge is 0.360 e. The normalized spacial score (nSPS) is 12.7. The molecular formula is C21H23N3O4S. The first-order chi connectivity index (χ1) is 13.9. The van der Waals surface area contributed by atoms with Crippen LogP contribution in [-0.2, 0) is 14.8 Å². The first-order valence-electron chi connectivity index (χ1n) is 9.16. The average molecular weight is 413 g/mol. The number of aryl methyl sites for hydroxylation is 1. The highest BCUT2D eigenvalue weighted by molar-refractivity contribution is 7.89. The quantitative estimate of drug-likeness (QED) is 0.611. The lowest BCUT2D eigenvalue weighted by Crippen LogP contribution is -2.32. The van der Waals surface area contributed by atoms with Gasteiger partial charge in [-0.1, -0.05) is 53.7 Å². The summed E-state index contributed by atoms with van der Waals surface area (Å²) in [5.41, 5.74) is 0.883. The Bertz CT molecular complexity index is 1050. The molecule has 29 heavy (non-hydrogen) atoms. The van der Waals surface area contributed by atoms with Gasteiger partial charge in [0.1, 0.15) is 5.76 Å². The number of nitrogens with zero attached hydrogens (tertiary/aromatic N) is 2. The number of carbonyl (C=O) groups is 1. The number of amides is 1. The summed E-state index contributed by atoms with van der Waals surface area (Å²) in [6, 6.07) is 19.3. The molecule has 1 atom stereocenters. The molecule has 1 N–H and O–H groups in total. The molecule has 0 radical (unpaired) electrons. The third-order valence-corrected chi connectivity index (χ3v) is 6.36. The Kier molecular flexibility index (Phi) is 6.46. The predicted octanol–water partition coefficient (Wildman–Crippen LogP) is 3.42. The molecule has 0 unspecified atom stereocenters. The summed E-state index contributed by atoms with van der Waals surface area (Å²) in [6.07, 6.45) is 0.102. The molecular weight excluding hydrogens is 390 g/mol. The molecule has 0 fully saturated rings. The molecule has 3 aromatic rings. The topological polar surface area (TPSA) is 92.5 Å². The van der Waals surface area contributed by atoms with Crippen molar-refractivity contribution in [1.82, 2.24) is 9.46 Å². The summed E-state index contributed by atoms with van der Waals surface area (Å²) in [6.45, 7) is 1.89. The molecule has 3 rings (SSSR count). The van der Waals surface area contributed by atoms with Crippen LogP contribution in [0.5, 0.6) is 0 Å². The van der Waals surface area contributed by atoms with Crippen molar-refractivity contribution in [3.63, 3.8) is 0 Å². The van der Waals surface area contributed by atoms with Crippen LogP contribution in [0.1, 0.15) is 23.7 Å². The molecule has 0 spiro atoms. The molecule has 7 nitrogen and oxygen atoms in total. The van der Waals surface area contributed by atoms with E-state index in [0.717, 1.165) is 5.56 Å². The van der Waals surface area contributed by atoms with E-state index >= 15 is 0 Å². The number of hydrogen-bond donors (Lipinski definition) is 1. The number of sulfonamides is 1. The minimum atomic E-state index is -3.66. The molecule has 2 aromatic carbocycles. The molecule has 0 saturated heterocycles. The van der Waals surface area contributed by atoms with Crippen molar-refractivity contribution in [2.24, 2.45) is 0 Å². The number of benzene rings is 2. The standard InChI is InChI=1S/C21H23N3O4S/c1-16-13-20(23-28-16)22-21(25)14-18(17-9-5-3-6-10-17)15-24(2)29(26,27)19-11-7-4-8-12-19/h3-13,18H,14-15H2,1-2H3,(H,22,23,25)/t18-/m0/s1. The highest BCUT2D eigenvalue weighted by atomic mass is 32.2. The molecule has 1 heterocycles. The molecule has 0 bridgehead atoms. The van der Waals surface area contributed by atoms with E-state index in [1.54, 1.807) is 43.3 Å².